The van der Waals surface area contributed by atoms with Crippen LogP contribution < -0.4 is 16.4 Å². The minimum Gasteiger partial charge on any atom is -0.382 e. The molecule has 0 aliphatic rings. The van der Waals surface area contributed by atoms with Crippen LogP contribution in [0.1, 0.15) is 27.4 Å². The second-order valence-electron chi connectivity index (χ2n) is 4.73. The molecule has 120 valence electrons. The molecule has 2 rings (SSSR count). The van der Waals surface area contributed by atoms with Crippen molar-refractivity contribution in [2.24, 2.45) is 14.1 Å². The largest absolute Gasteiger partial charge is 0.382 e. The van der Waals surface area contributed by atoms with E-state index in [9.17, 15) is 9.59 Å². The van der Waals surface area contributed by atoms with E-state index in [1.165, 1.54) is 21.5 Å². The molecular weight excluding hydrogens is 300 g/mol. The van der Waals surface area contributed by atoms with Crippen LogP contribution in [-0.2, 0) is 14.1 Å². The maximum atomic E-state index is 12.1. The quantitative estimate of drug-likeness (QED) is 0.642. The molecule has 0 aliphatic carbocycles. The van der Waals surface area contributed by atoms with Crippen molar-refractivity contribution >= 4 is 23.5 Å². The molecular formula is C13H16N8O2. The Labute approximate surface area is 131 Å². The van der Waals surface area contributed by atoms with Crippen molar-refractivity contribution in [2.75, 3.05) is 17.6 Å². The van der Waals surface area contributed by atoms with Crippen LogP contribution in [0.4, 0.5) is 11.6 Å². The molecule has 2 aromatic heterocycles. The molecule has 2 heterocycles. The number of anilines is 2. The van der Waals surface area contributed by atoms with Gasteiger partial charge in [0, 0.05) is 32.8 Å². The van der Waals surface area contributed by atoms with Crippen LogP contribution in [0.3, 0.4) is 0 Å². The van der Waals surface area contributed by atoms with Gasteiger partial charge in [0.1, 0.15) is 17.2 Å². The number of nitriles is 1. The van der Waals surface area contributed by atoms with Crippen LogP contribution in [0, 0.1) is 11.3 Å². The minimum absolute atomic E-state index is 0.217. The van der Waals surface area contributed by atoms with Crippen LogP contribution in [0.25, 0.3) is 0 Å². The normalized spacial score (nSPS) is 10.1. The summed E-state index contributed by atoms with van der Waals surface area (Å²) in [6.45, 7) is 0.247. The molecule has 0 aromatic carbocycles. The second-order valence-corrected chi connectivity index (χ2v) is 4.73. The molecule has 10 nitrogen and oxygen atoms in total. The first-order valence-corrected chi connectivity index (χ1v) is 6.72. The summed E-state index contributed by atoms with van der Waals surface area (Å²) in [6, 6.07) is 4.82. The highest BCUT2D eigenvalue weighted by atomic mass is 16.2. The number of aromatic nitrogens is 4. The fraction of sp³-hybridized carbons (Fsp3) is 0.308. The minimum atomic E-state index is -0.439. The fourth-order valence-corrected chi connectivity index (χ4v) is 1.95. The summed E-state index contributed by atoms with van der Waals surface area (Å²) in [4.78, 5) is 24.1. The number of amides is 2. The lowest BCUT2D eigenvalue weighted by atomic mass is 10.3. The topological polar surface area (TPSA) is 144 Å². The van der Waals surface area contributed by atoms with E-state index in [1.54, 1.807) is 14.1 Å². The maximum absolute atomic E-state index is 12.1. The third-order valence-corrected chi connectivity index (χ3v) is 3.01. The second kappa shape index (κ2) is 6.61. The monoisotopic (exact) mass is 316 g/mol. The van der Waals surface area contributed by atoms with Gasteiger partial charge in [-0.25, -0.2) is 0 Å². The third kappa shape index (κ3) is 3.65. The summed E-state index contributed by atoms with van der Waals surface area (Å²) in [6.07, 6.45) is 0.217. The zero-order chi connectivity index (χ0) is 17.0. The van der Waals surface area contributed by atoms with E-state index in [4.69, 9.17) is 11.0 Å². The molecule has 4 N–H and O–H groups in total. The van der Waals surface area contributed by atoms with Crippen LogP contribution >= 0.6 is 0 Å². The summed E-state index contributed by atoms with van der Waals surface area (Å²) in [5, 5.41) is 21.6. The molecule has 2 aromatic rings. The van der Waals surface area contributed by atoms with Gasteiger partial charge in [0.05, 0.1) is 12.5 Å². The van der Waals surface area contributed by atoms with Gasteiger partial charge in [-0.1, -0.05) is 0 Å². The van der Waals surface area contributed by atoms with Crippen molar-refractivity contribution < 1.29 is 9.59 Å². The smallest absolute Gasteiger partial charge is 0.275 e. The number of nitrogens with two attached hydrogens (primary N) is 1. The van der Waals surface area contributed by atoms with Gasteiger partial charge in [-0.15, -0.1) is 0 Å². The van der Waals surface area contributed by atoms with Crippen molar-refractivity contribution in [2.45, 2.75) is 6.42 Å². The standard InChI is InChI=1S/C13H16N8O2/c1-20-8(6-10(15)18-20)13(23)17-11-7-9(21(2)19-11)12(22)16-5-3-4-14/h6-7H,3,5H2,1-2H3,(H2,15,18)(H,16,22)(H,17,19,23). The van der Waals surface area contributed by atoms with Crippen LogP contribution in [-0.4, -0.2) is 37.9 Å². The molecule has 0 saturated carbocycles. The Bertz CT molecular complexity index is 782. The van der Waals surface area contributed by atoms with Gasteiger partial charge >= 0.3 is 0 Å². The van der Waals surface area contributed by atoms with Crippen molar-refractivity contribution in [1.82, 2.24) is 24.9 Å². The van der Waals surface area contributed by atoms with Gasteiger partial charge in [-0.3, -0.25) is 19.0 Å². The molecule has 0 bridgehead atoms. The Balaban J connectivity index is 2.09. The van der Waals surface area contributed by atoms with Crippen molar-refractivity contribution in [1.29, 1.82) is 5.26 Å². The number of nitrogens with zero attached hydrogens (tertiary/aromatic N) is 5. The van der Waals surface area contributed by atoms with Gasteiger partial charge in [0.2, 0.25) is 0 Å². The van der Waals surface area contributed by atoms with Crippen molar-refractivity contribution in [3.63, 3.8) is 0 Å². The SMILES string of the molecule is Cn1nc(NC(=O)c2cc(N)nn2C)cc1C(=O)NCCC#N. The number of hydrogen-bond donors (Lipinski definition) is 3. The van der Waals surface area contributed by atoms with Gasteiger partial charge in [-0.05, 0) is 0 Å². The molecule has 0 saturated heterocycles. The van der Waals surface area contributed by atoms with Gasteiger partial charge < -0.3 is 16.4 Å². The van der Waals surface area contributed by atoms with E-state index in [1.807, 2.05) is 6.07 Å². The number of carbonyl (C=O) groups excluding carboxylic acids is 2. The highest BCUT2D eigenvalue weighted by Crippen LogP contribution is 2.11. The fourth-order valence-electron chi connectivity index (χ4n) is 1.95. The predicted octanol–water partition coefficient (Wildman–Crippen LogP) is -0.368. The Hall–Kier alpha value is -3.35. The highest BCUT2D eigenvalue weighted by Gasteiger charge is 2.17. The lowest BCUT2D eigenvalue weighted by Gasteiger charge is -2.01. The molecule has 0 fully saturated rings. The number of carbonyl (C=O) groups is 2. The van der Waals surface area contributed by atoms with Crippen LogP contribution in [0.15, 0.2) is 12.1 Å². The molecule has 0 spiro atoms. The molecule has 0 unspecified atom stereocenters. The first-order valence-electron chi connectivity index (χ1n) is 6.72. The number of rotatable bonds is 5. The zero-order valence-corrected chi connectivity index (χ0v) is 12.7. The van der Waals surface area contributed by atoms with Crippen molar-refractivity contribution in [3.8, 4) is 6.07 Å². The van der Waals surface area contributed by atoms with Crippen LogP contribution in [0.2, 0.25) is 0 Å². The van der Waals surface area contributed by atoms with E-state index in [2.05, 4.69) is 20.8 Å². The molecule has 0 aliphatic heterocycles. The van der Waals surface area contributed by atoms with Gasteiger partial charge in [0.25, 0.3) is 11.8 Å². The lowest BCUT2D eigenvalue weighted by molar-refractivity contribution is 0.0944. The summed E-state index contributed by atoms with van der Waals surface area (Å²) in [7, 11) is 3.18. The Morgan fingerprint density at radius 2 is 1.87 bits per heavy atom. The Morgan fingerprint density at radius 1 is 1.22 bits per heavy atom. The Morgan fingerprint density at radius 3 is 2.48 bits per heavy atom. The molecule has 2 amide bonds. The first kappa shape index (κ1) is 16.0. The van der Waals surface area contributed by atoms with Crippen molar-refractivity contribution in [3.05, 3.63) is 23.5 Å². The predicted molar refractivity (Wildman–Crippen MR) is 81.3 cm³/mol. The summed E-state index contributed by atoms with van der Waals surface area (Å²) >= 11 is 0. The van der Waals surface area contributed by atoms with E-state index < -0.39 is 5.91 Å². The molecule has 0 radical (unpaired) electrons. The van der Waals surface area contributed by atoms with E-state index >= 15 is 0 Å². The van der Waals surface area contributed by atoms with Gasteiger partial charge in [-0.2, -0.15) is 15.5 Å². The summed E-state index contributed by atoms with van der Waals surface area (Å²) < 4.78 is 2.69. The Kier molecular flexibility index (Phi) is 4.61. The molecule has 0 atom stereocenters. The summed E-state index contributed by atoms with van der Waals surface area (Å²) in [5.41, 5.74) is 6.07. The van der Waals surface area contributed by atoms with Gasteiger partial charge in [0.15, 0.2) is 5.82 Å². The zero-order valence-electron chi connectivity index (χ0n) is 12.7. The first-order chi connectivity index (χ1) is 10.9. The number of aryl methyl sites for hydroxylation is 2. The molecule has 23 heavy (non-hydrogen) atoms. The van der Waals surface area contributed by atoms with E-state index in [0.29, 0.717) is 0 Å². The number of hydrogen-bond acceptors (Lipinski definition) is 6. The van der Waals surface area contributed by atoms with Crippen LogP contribution in [0.5, 0.6) is 0 Å². The lowest BCUT2D eigenvalue weighted by Crippen LogP contribution is -2.26. The number of nitrogens with one attached hydrogen (secondary N) is 2. The average Bonchev–Trinajstić information content (AvgIpc) is 3.01. The number of nitrogen functional groups attached to an aromatic ring is 1. The maximum Gasteiger partial charge on any atom is 0.275 e. The van der Waals surface area contributed by atoms with E-state index in [-0.39, 0.29) is 41.9 Å². The third-order valence-electron chi connectivity index (χ3n) is 3.01. The highest BCUT2D eigenvalue weighted by molar-refractivity contribution is 6.03. The molecule has 10 heteroatoms. The summed E-state index contributed by atoms with van der Waals surface area (Å²) in [5.74, 6) is -0.356. The average molecular weight is 316 g/mol. The van der Waals surface area contributed by atoms with E-state index in [0.717, 1.165) is 0 Å².